The second-order valence-corrected chi connectivity index (χ2v) is 11.8. The van der Waals surface area contributed by atoms with E-state index in [0.717, 1.165) is 30.5 Å². The van der Waals surface area contributed by atoms with Crippen LogP contribution in [0.1, 0.15) is 43.7 Å². The Morgan fingerprint density at radius 1 is 1.05 bits per heavy atom. The Morgan fingerprint density at radius 2 is 1.74 bits per heavy atom. The van der Waals surface area contributed by atoms with Crippen LogP contribution in [0.25, 0.3) is 0 Å². The number of piperazine rings is 1. The van der Waals surface area contributed by atoms with Gasteiger partial charge in [-0.25, -0.2) is 8.78 Å². The molecule has 2 aromatic rings. The first-order valence-electron chi connectivity index (χ1n) is 15.2. The Kier molecular flexibility index (Phi) is 12.3. The summed E-state index contributed by atoms with van der Waals surface area (Å²) in [6, 6.07) is 11.4. The lowest BCUT2D eigenvalue weighted by Gasteiger charge is -2.45. The van der Waals surface area contributed by atoms with Gasteiger partial charge < -0.3 is 20.9 Å². The van der Waals surface area contributed by atoms with Crippen molar-refractivity contribution in [3.05, 3.63) is 70.5 Å². The number of carbonyl (C=O) groups is 3. The molecule has 2 saturated heterocycles. The van der Waals surface area contributed by atoms with Crippen molar-refractivity contribution >= 4 is 29.3 Å². The second kappa shape index (κ2) is 16.1. The maximum Gasteiger partial charge on any atom is 0.245 e. The van der Waals surface area contributed by atoms with Crippen LogP contribution in [0.5, 0.6) is 0 Å². The van der Waals surface area contributed by atoms with Gasteiger partial charge in [-0.2, -0.15) is 0 Å². The van der Waals surface area contributed by atoms with Crippen LogP contribution in [0, 0.1) is 5.82 Å². The lowest BCUT2D eigenvalue weighted by molar-refractivity contribution is -0.142. The number of nitrogens with one attached hydrogen (secondary N) is 3. The van der Waals surface area contributed by atoms with Gasteiger partial charge in [0.2, 0.25) is 17.7 Å². The molecule has 0 bridgehead atoms. The van der Waals surface area contributed by atoms with Crippen LogP contribution >= 0.6 is 11.6 Å². The van der Waals surface area contributed by atoms with Crippen LogP contribution in [0.15, 0.2) is 48.5 Å². The minimum absolute atomic E-state index is 0.0621. The maximum atomic E-state index is 14.1. The summed E-state index contributed by atoms with van der Waals surface area (Å²) in [7, 11) is 0. The molecule has 0 aliphatic carbocycles. The molecule has 8 nitrogen and oxygen atoms in total. The number of rotatable bonds is 13. The first kappa shape index (κ1) is 32.8. The van der Waals surface area contributed by atoms with E-state index >= 15 is 0 Å². The summed E-state index contributed by atoms with van der Waals surface area (Å²) in [5, 5.41) is 9.47. The zero-order chi connectivity index (χ0) is 30.8. The monoisotopic (exact) mass is 617 g/mol. The van der Waals surface area contributed by atoms with Crippen LogP contribution in [0.3, 0.4) is 0 Å². The van der Waals surface area contributed by atoms with E-state index in [9.17, 15) is 23.2 Å². The number of hydrogen-bond donors (Lipinski definition) is 3. The van der Waals surface area contributed by atoms with E-state index in [1.54, 1.807) is 24.3 Å². The summed E-state index contributed by atoms with van der Waals surface area (Å²) in [5.74, 6) is -1.03. The third-order valence-electron chi connectivity index (χ3n) is 8.24. The van der Waals surface area contributed by atoms with Gasteiger partial charge in [0.1, 0.15) is 18.5 Å². The zero-order valence-corrected chi connectivity index (χ0v) is 25.4. The fourth-order valence-electron chi connectivity index (χ4n) is 5.99. The van der Waals surface area contributed by atoms with E-state index in [-0.39, 0.29) is 48.6 Å². The van der Waals surface area contributed by atoms with E-state index in [4.69, 9.17) is 11.6 Å². The van der Waals surface area contributed by atoms with Crippen molar-refractivity contribution in [1.29, 1.82) is 0 Å². The average molecular weight is 618 g/mol. The van der Waals surface area contributed by atoms with Crippen LogP contribution in [-0.2, 0) is 27.2 Å². The van der Waals surface area contributed by atoms with Gasteiger partial charge in [0.05, 0.1) is 12.1 Å². The van der Waals surface area contributed by atoms with Crippen LogP contribution in [-0.4, -0.2) is 91.1 Å². The molecule has 4 atom stereocenters. The molecule has 0 radical (unpaired) electrons. The summed E-state index contributed by atoms with van der Waals surface area (Å²) in [6.07, 6.45) is 3.79. The smallest absolute Gasteiger partial charge is 0.245 e. The fourth-order valence-corrected chi connectivity index (χ4v) is 6.12. The number of halogens is 3. The first-order chi connectivity index (χ1) is 20.8. The van der Waals surface area contributed by atoms with Gasteiger partial charge in [-0.1, -0.05) is 49.2 Å². The fraction of sp³-hybridized carbons (Fsp3) is 0.531. The minimum Gasteiger partial charge on any atom is -0.352 e. The lowest BCUT2D eigenvalue weighted by atomic mass is 9.98. The van der Waals surface area contributed by atoms with Crippen LogP contribution in [0.2, 0.25) is 5.02 Å². The van der Waals surface area contributed by atoms with Gasteiger partial charge in [0.25, 0.3) is 0 Å². The van der Waals surface area contributed by atoms with Crippen molar-refractivity contribution in [1.82, 2.24) is 25.8 Å². The van der Waals surface area contributed by atoms with Crippen LogP contribution < -0.4 is 16.0 Å². The highest BCUT2D eigenvalue weighted by atomic mass is 35.5. The van der Waals surface area contributed by atoms with Gasteiger partial charge in [-0.05, 0) is 67.6 Å². The maximum absolute atomic E-state index is 14.1. The first-order valence-corrected chi connectivity index (χ1v) is 15.6. The predicted molar refractivity (Wildman–Crippen MR) is 163 cm³/mol. The number of benzene rings is 2. The lowest BCUT2D eigenvalue weighted by Crippen LogP contribution is -2.63. The standard InChI is InChI=1S/C32H42ClF2N5O3/c1-2-4-26-21-39(29(31(42)37-16-14-34)20-23-6-10-24(33)11-7-23)17-18-40(26)32(43)28(19-22-8-12-25(35)13-9-22)38-30(41)27-5-3-15-36-27/h6-13,26-29,36H,2-5,14-21H2,1H3,(H,37,42)(H,38,41). The highest BCUT2D eigenvalue weighted by Crippen LogP contribution is 2.22. The molecule has 0 aromatic heterocycles. The van der Waals surface area contributed by atoms with Gasteiger partial charge in [-0.15, -0.1) is 0 Å². The van der Waals surface area contributed by atoms with E-state index in [1.165, 1.54) is 12.1 Å². The highest BCUT2D eigenvalue weighted by molar-refractivity contribution is 6.30. The number of alkyl halides is 1. The number of nitrogens with zero attached hydrogens (tertiary/aromatic N) is 2. The van der Waals surface area contributed by atoms with E-state index in [2.05, 4.69) is 20.9 Å². The molecule has 2 aromatic carbocycles. The van der Waals surface area contributed by atoms with Crippen molar-refractivity contribution in [3.63, 3.8) is 0 Å². The summed E-state index contributed by atoms with van der Waals surface area (Å²) < 4.78 is 26.5. The van der Waals surface area contributed by atoms with Crippen molar-refractivity contribution < 1.29 is 23.2 Å². The Bertz CT molecular complexity index is 1210. The van der Waals surface area contributed by atoms with Crippen molar-refractivity contribution in [2.75, 3.05) is 39.4 Å². The highest BCUT2D eigenvalue weighted by Gasteiger charge is 2.38. The van der Waals surface area contributed by atoms with Crippen molar-refractivity contribution in [2.45, 2.75) is 69.6 Å². The molecular formula is C32H42ClF2N5O3. The third kappa shape index (κ3) is 9.20. The summed E-state index contributed by atoms with van der Waals surface area (Å²) in [6.45, 7) is 3.35. The van der Waals surface area contributed by atoms with E-state index in [0.29, 0.717) is 43.9 Å². The van der Waals surface area contributed by atoms with Crippen LogP contribution in [0.4, 0.5) is 8.78 Å². The number of carbonyl (C=O) groups excluding carboxylic acids is 3. The zero-order valence-electron chi connectivity index (χ0n) is 24.7. The molecule has 2 fully saturated rings. The minimum atomic E-state index is -0.816. The topological polar surface area (TPSA) is 93.8 Å². The molecule has 4 rings (SSSR count). The summed E-state index contributed by atoms with van der Waals surface area (Å²) >= 11 is 6.06. The SMILES string of the molecule is CCCC1CN(C(Cc2ccc(Cl)cc2)C(=O)NCCF)CCN1C(=O)C(Cc1ccc(F)cc1)NC(=O)C1CCCN1. The predicted octanol–water partition coefficient (Wildman–Crippen LogP) is 3.27. The molecular weight excluding hydrogens is 576 g/mol. The summed E-state index contributed by atoms with van der Waals surface area (Å²) in [4.78, 5) is 44.4. The van der Waals surface area contributed by atoms with Crippen molar-refractivity contribution in [3.8, 4) is 0 Å². The Balaban J connectivity index is 1.53. The molecule has 0 spiro atoms. The molecule has 2 heterocycles. The molecule has 4 unspecified atom stereocenters. The van der Waals surface area contributed by atoms with Gasteiger partial charge in [-0.3, -0.25) is 19.3 Å². The Labute approximate surface area is 257 Å². The van der Waals surface area contributed by atoms with Gasteiger partial charge in [0.15, 0.2) is 0 Å². The molecule has 43 heavy (non-hydrogen) atoms. The average Bonchev–Trinajstić information content (AvgIpc) is 3.56. The Hall–Kier alpha value is -3.08. The quantitative estimate of drug-likeness (QED) is 0.321. The molecule has 0 saturated carbocycles. The molecule has 234 valence electrons. The number of hydrogen-bond acceptors (Lipinski definition) is 5. The van der Waals surface area contributed by atoms with Gasteiger partial charge >= 0.3 is 0 Å². The molecule has 2 aliphatic rings. The normalized spacial score (nSPS) is 20.4. The number of amides is 3. The molecule has 3 amide bonds. The van der Waals surface area contributed by atoms with E-state index in [1.807, 2.05) is 24.0 Å². The summed E-state index contributed by atoms with van der Waals surface area (Å²) in [5.41, 5.74) is 1.68. The molecule has 2 aliphatic heterocycles. The third-order valence-corrected chi connectivity index (χ3v) is 8.50. The van der Waals surface area contributed by atoms with Gasteiger partial charge in [0, 0.05) is 43.7 Å². The molecule has 11 heteroatoms. The van der Waals surface area contributed by atoms with Crippen molar-refractivity contribution in [2.24, 2.45) is 0 Å². The molecule has 3 N–H and O–H groups in total. The Morgan fingerprint density at radius 3 is 2.40 bits per heavy atom. The second-order valence-electron chi connectivity index (χ2n) is 11.3. The van der Waals surface area contributed by atoms with E-state index < -0.39 is 18.8 Å². The largest absolute Gasteiger partial charge is 0.352 e.